The van der Waals surface area contributed by atoms with E-state index in [9.17, 15) is 0 Å². The van der Waals surface area contributed by atoms with Gasteiger partial charge in [0, 0.05) is 25.8 Å². The predicted octanol–water partition coefficient (Wildman–Crippen LogP) is 1.09. The van der Waals surface area contributed by atoms with Crippen molar-refractivity contribution < 1.29 is 4.74 Å². The van der Waals surface area contributed by atoms with E-state index in [1.807, 2.05) is 0 Å². The molecule has 5 nitrogen and oxygen atoms in total. The first-order valence-corrected chi connectivity index (χ1v) is 6.28. The average Bonchev–Trinajstić information content (AvgIpc) is 2.45. The normalized spacial score (nSPS) is 16.2. The smallest absolute Gasteiger partial charge is 0.127 e. The van der Waals surface area contributed by atoms with E-state index in [0.717, 1.165) is 51.6 Å². The number of nitrogens with zero attached hydrogens (tertiary/aromatic N) is 3. The number of morpholine rings is 1. The Morgan fingerprint density at radius 1 is 1.44 bits per heavy atom. The zero-order chi connectivity index (χ0) is 12.6. The molecule has 1 aliphatic rings. The maximum Gasteiger partial charge on any atom is 0.127 e. The largest absolute Gasteiger partial charge is 0.379 e. The fourth-order valence-corrected chi connectivity index (χ4v) is 1.94. The fourth-order valence-electron chi connectivity index (χ4n) is 1.94. The minimum atomic E-state index is 0.640. The lowest BCUT2D eigenvalue weighted by Crippen LogP contribution is -2.37. The topological polar surface area (TPSA) is 61.2 Å². The second-order valence-electron chi connectivity index (χ2n) is 4.28. The number of nitrogens with one attached hydrogen (secondary N) is 1. The summed E-state index contributed by atoms with van der Waals surface area (Å²) >= 11 is 0. The molecule has 1 aliphatic heterocycles. The van der Waals surface area contributed by atoms with Gasteiger partial charge < -0.3 is 10.1 Å². The van der Waals surface area contributed by atoms with Crippen molar-refractivity contribution in [3.63, 3.8) is 0 Å². The highest BCUT2D eigenvalue weighted by atomic mass is 16.5. The number of aromatic nitrogens is 1. The molecule has 1 aromatic heterocycles. The Labute approximate surface area is 107 Å². The van der Waals surface area contributed by atoms with Crippen LogP contribution in [0.15, 0.2) is 18.3 Å². The molecule has 1 N–H and O–H groups in total. The molecular formula is C13H18N4O. The third-order valence-electron chi connectivity index (χ3n) is 2.95. The molecule has 0 aliphatic carbocycles. The van der Waals surface area contributed by atoms with Gasteiger partial charge in [0.25, 0.3) is 0 Å². The highest BCUT2D eigenvalue weighted by Gasteiger charge is 2.08. The molecule has 5 heteroatoms. The molecule has 0 spiro atoms. The summed E-state index contributed by atoms with van der Waals surface area (Å²) in [5.41, 5.74) is 0.640. The Morgan fingerprint density at radius 2 is 2.28 bits per heavy atom. The minimum absolute atomic E-state index is 0.640. The van der Waals surface area contributed by atoms with E-state index in [0.29, 0.717) is 5.56 Å². The first-order chi connectivity index (χ1) is 8.88. The summed E-state index contributed by atoms with van der Waals surface area (Å²) in [5, 5.41) is 12.0. The van der Waals surface area contributed by atoms with Gasteiger partial charge in [-0.25, -0.2) is 4.98 Å². The summed E-state index contributed by atoms with van der Waals surface area (Å²) in [5.74, 6) is 0.774. The lowest BCUT2D eigenvalue weighted by atomic mass is 10.3. The molecule has 2 heterocycles. The lowest BCUT2D eigenvalue weighted by Gasteiger charge is -2.26. The summed E-state index contributed by atoms with van der Waals surface area (Å²) in [7, 11) is 0. The minimum Gasteiger partial charge on any atom is -0.379 e. The van der Waals surface area contributed by atoms with E-state index < -0.39 is 0 Å². The van der Waals surface area contributed by atoms with Gasteiger partial charge in [0.05, 0.1) is 24.8 Å². The van der Waals surface area contributed by atoms with Gasteiger partial charge >= 0.3 is 0 Å². The van der Waals surface area contributed by atoms with Crippen LogP contribution < -0.4 is 5.32 Å². The maximum absolute atomic E-state index is 8.78. The zero-order valence-electron chi connectivity index (χ0n) is 10.4. The van der Waals surface area contributed by atoms with E-state index in [2.05, 4.69) is 21.3 Å². The van der Waals surface area contributed by atoms with Crippen LogP contribution in [-0.4, -0.2) is 49.3 Å². The molecule has 0 unspecified atom stereocenters. The molecular weight excluding hydrogens is 228 g/mol. The molecule has 96 valence electrons. The van der Waals surface area contributed by atoms with Crippen molar-refractivity contribution in [3.8, 4) is 6.07 Å². The molecule has 1 saturated heterocycles. The Balaban J connectivity index is 1.67. The van der Waals surface area contributed by atoms with Crippen LogP contribution in [0.1, 0.15) is 12.0 Å². The van der Waals surface area contributed by atoms with Crippen molar-refractivity contribution in [2.24, 2.45) is 0 Å². The van der Waals surface area contributed by atoms with Gasteiger partial charge in [-0.3, -0.25) is 4.90 Å². The van der Waals surface area contributed by atoms with Gasteiger partial charge in [0.2, 0.25) is 0 Å². The number of anilines is 1. The van der Waals surface area contributed by atoms with Crippen molar-refractivity contribution in [1.82, 2.24) is 9.88 Å². The Bertz CT molecular complexity index is 410. The first kappa shape index (κ1) is 12.8. The van der Waals surface area contributed by atoms with Gasteiger partial charge in [-0.1, -0.05) is 0 Å². The molecule has 0 atom stereocenters. The molecule has 0 aromatic carbocycles. The second-order valence-corrected chi connectivity index (χ2v) is 4.28. The number of nitriles is 1. The van der Waals surface area contributed by atoms with Crippen LogP contribution in [-0.2, 0) is 4.74 Å². The number of hydrogen-bond donors (Lipinski definition) is 1. The number of ether oxygens (including phenoxy) is 1. The summed E-state index contributed by atoms with van der Waals surface area (Å²) in [6, 6.07) is 5.59. The van der Waals surface area contributed by atoms with Crippen molar-refractivity contribution in [2.45, 2.75) is 6.42 Å². The maximum atomic E-state index is 8.78. The lowest BCUT2D eigenvalue weighted by molar-refractivity contribution is 0.0378. The van der Waals surface area contributed by atoms with Gasteiger partial charge in [0.15, 0.2) is 0 Å². The van der Waals surface area contributed by atoms with Crippen LogP contribution in [0, 0.1) is 11.3 Å². The molecule has 1 aromatic rings. The molecule has 0 bridgehead atoms. The van der Waals surface area contributed by atoms with E-state index in [1.54, 1.807) is 18.3 Å². The quantitative estimate of drug-likeness (QED) is 0.788. The van der Waals surface area contributed by atoms with Gasteiger partial charge in [0.1, 0.15) is 5.82 Å². The summed E-state index contributed by atoms with van der Waals surface area (Å²) in [6.07, 6.45) is 2.72. The summed E-state index contributed by atoms with van der Waals surface area (Å²) in [4.78, 5) is 6.58. The van der Waals surface area contributed by atoms with Crippen LogP contribution in [0.4, 0.5) is 5.82 Å². The standard InChI is InChI=1S/C13H18N4O/c14-11-12-2-4-16-13(10-12)15-3-1-5-17-6-8-18-9-7-17/h2,4,10H,1,3,5-9H2,(H,15,16). The zero-order valence-corrected chi connectivity index (χ0v) is 10.4. The van der Waals surface area contributed by atoms with Crippen molar-refractivity contribution >= 4 is 5.82 Å². The SMILES string of the molecule is N#Cc1ccnc(NCCCN2CCOCC2)c1. The Morgan fingerprint density at radius 3 is 3.06 bits per heavy atom. The predicted molar refractivity (Wildman–Crippen MR) is 69.3 cm³/mol. The summed E-state index contributed by atoms with van der Waals surface area (Å²) < 4.78 is 5.30. The van der Waals surface area contributed by atoms with Crippen LogP contribution in [0.5, 0.6) is 0 Å². The third kappa shape index (κ3) is 3.99. The van der Waals surface area contributed by atoms with Crippen LogP contribution in [0.25, 0.3) is 0 Å². The average molecular weight is 246 g/mol. The number of pyridine rings is 1. The van der Waals surface area contributed by atoms with Gasteiger partial charge in [-0.15, -0.1) is 0 Å². The van der Waals surface area contributed by atoms with E-state index in [1.165, 1.54) is 0 Å². The van der Waals surface area contributed by atoms with Crippen molar-refractivity contribution in [1.29, 1.82) is 5.26 Å². The monoisotopic (exact) mass is 246 g/mol. The van der Waals surface area contributed by atoms with Crippen molar-refractivity contribution in [2.75, 3.05) is 44.7 Å². The molecule has 18 heavy (non-hydrogen) atoms. The molecule has 0 saturated carbocycles. The summed E-state index contributed by atoms with van der Waals surface area (Å²) in [6.45, 7) is 5.70. The third-order valence-corrected chi connectivity index (χ3v) is 2.95. The van der Waals surface area contributed by atoms with Crippen LogP contribution in [0.3, 0.4) is 0 Å². The number of rotatable bonds is 5. The van der Waals surface area contributed by atoms with Crippen LogP contribution in [0.2, 0.25) is 0 Å². The molecule has 2 rings (SSSR count). The van der Waals surface area contributed by atoms with Crippen molar-refractivity contribution in [3.05, 3.63) is 23.9 Å². The van der Waals surface area contributed by atoms with E-state index >= 15 is 0 Å². The van der Waals surface area contributed by atoms with Gasteiger partial charge in [-0.05, 0) is 25.1 Å². The second kappa shape index (κ2) is 6.94. The fraction of sp³-hybridized carbons (Fsp3) is 0.538. The van der Waals surface area contributed by atoms with E-state index in [-0.39, 0.29) is 0 Å². The molecule has 0 amide bonds. The molecule has 1 fully saturated rings. The first-order valence-electron chi connectivity index (χ1n) is 6.28. The Kier molecular flexibility index (Phi) is 4.94. The van der Waals surface area contributed by atoms with Crippen LogP contribution >= 0.6 is 0 Å². The molecule has 0 radical (unpaired) electrons. The Hall–Kier alpha value is -1.64. The highest BCUT2D eigenvalue weighted by molar-refractivity contribution is 5.42. The van der Waals surface area contributed by atoms with E-state index in [4.69, 9.17) is 10.00 Å². The highest BCUT2D eigenvalue weighted by Crippen LogP contribution is 2.05. The van der Waals surface area contributed by atoms with Gasteiger partial charge in [-0.2, -0.15) is 5.26 Å². The number of hydrogen-bond acceptors (Lipinski definition) is 5.